The van der Waals surface area contributed by atoms with Crippen molar-refractivity contribution in [2.75, 3.05) is 25.5 Å². The number of halogens is 2. The SMILES string of the molecule is C=CC(=O)N1CC(c2cc3c(Nc4ccc(F)c(Cl)c4)nc(S)nc3cc2OC)C1. The number of fused-ring (bicyclic) bond motifs is 1. The molecule has 1 amide bonds. The number of hydrogen-bond donors (Lipinski definition) is 2. The predicted molar refractivity (Wildman–Crippen MR) is 118 cm³/mol. The Bertz CT molecular complexity index is 1170. The van der Waals surface area contributed by atoms with Gasteiger partial charge in [0.25, 0.3) is 0 Å². The second kappa shape index (κ2) is 8.12. The van der Waals surface area contributed by atoms with Crippen molar-refractivity contribution in [3.63, 3.8) is 0 Å². The lowest BCUT2D eigenvalue weighted by Gasteiger charge is -2.39. The Morgan fingerprint density at radius 2 is 2.13 bits per heavy atom. The Morgan fingerprint density at radius 3 is 2.80 bits per heavy atom. The highest BCUT2D eigenvalue weighted by molar-refractivity contribution is 7.80. The molecular formula is C21H18ClFN4O2S. The third-order valence-electron chi connectivity index (χ3n) is 5.03. The molecule has 1 aromatic heterocycles. The predicted octanol–water partition coefficient (Wildman–Crippen LogP) is 4.58. The summed E-state index contributed by atoms with van der Waals surface area (Å²) >= 11 is 10.2. The number of anilines is 2. The minimum absolute atomic E-state index is 0.00765. The molecule has 154 valence electrons. The largest absolute Gasteiger partial charge is 0.496 e. The molecule has 0 radical (unpaired) electrons. The minimum Gasteiger partial charge on any atom is -0.496 e. The van der Waals surface area contributed by atoms with Crippen molar-refractivity contribution in [3.05, 3.63) is 59.4 Å². The lowest BCUT2D eigenvalue weighted by Crippen LogP contribution is -2.47. The molecule has 3 aromatic rings. The fraction of sp³-hybridized carbons (Fsp3) is 0.190. The van der Waals surface area contributed by atoms with Gasteiger partial charge in [0.2, 0.25) is 5.91 Å². The van der Waals surface area contributed by atoms with Crippen LogP contribution in [0.3, 0.4) is 0 Å². The van der Waals surface area contributed by atoms with Gasteiger partial charge in [-0.3, -0.25) is 4.79 Å². The summed E-state index contributed by atoms with van der Waals surface area (Å²) in [6.45, 7) is 4.68. The number of methoxy groups -OCH3 is 1. The molecule has 0 saturated carbocycles. The van der Waals surface area contributed by atoms with Gasteiger partial charge >= 0.3 is 0 Å². The van der Waals surface area contributed by atoms with E-state index in [2.05, 4.69) is 34.5 Å². The van der Waals surface area contributed by atoms with E-state index < -0.39 is 5.82 Å². The van der Waals surface area contributed by atoms with Crippen molar-refractivity contribution in [2.24, 2.45) is 0 Å². The monoisotopic (exact) mass is 444 g/mol. The zero-order valence-electron chi connectivity index (χ0n) is 16.0. The Labute approximate surface area is 183 Å². The van der Waals surface area contributed by atoms with E-state index in [4.69, 9.17) is 16.3 Å². The van der Waals surface area contributed by atoms with Crippen LogP contribution in [0.15, 0.2) is 48.1 Å². The number of ether oxygens (including phenoxy) is 1. The second-order valence-electron chi connectivity index (χ2n) is 6.88. The quantitative estimate of drug-likeness (QED) is 0.342. The molecule has 9 heteroatoms. The van der Waals surface area contributed by atoms with Crippen LogP contribution in [0, 0.1) is 5.82 Å². The van der Waals surface area contributed by atoms with Gasteiger partial charge in [-0.1, -0.05) is 18.2 Å². The fourth-order valence-electron chi connectivity index (χ4n) is 3.45. The Balaban J connectivity index is 1.74. The van der Waals surface area contributed by atoms with Crippen molar-refractivity contribution in [2.45, 2.75) is 11.1 Å². The first kappa shape index (κ1) is 20.4. The van der Waals surface area contributed by atoms with E-state index >= 15 is 0 Å². The van der Waals surface area contributed by atoms with E-state index in [0.717, 1.165) is 10.9 Å². The van der Waals surface area contributed by atoms with Crippen molar-refractivity contribution in [1.82, 2.24) is 14.9 Å². The smallest absolute Gasteiger partial charge is 0.245 e. The summed E-state index contributed by atoms with van der Waals surface area (Å²) in [4.78, 5) is 22.3. The zero-order valence-corrected chi connectivity index (χ0v) is 17.7. The van der Waals surface area contributed by atoms with Crippen molar-refractivity contribution >= 4 is 52.5 Å². The Kier molecular flexibility index (Phi) is 5.53. The van der Waals surface area contributed by atoms with Crippen molar-refractivity contribution in [3.8, 4) is 5.75 Å². The molecule has 30 heavy (non-hydrogen) atoms. The number of amides is 1. The number of carbonyl (C=O) groups excluding carboxylic acids is 1. The van der Waals surface area contributed by atoms with Crippen LogP contribution in [0.5, 0.6) is 5.75 Å². The van der Waals surface area contributed by atoms with E-state index in [-0.39, 0.29) is 22.0 Å². The minimum atomic E-state index is -0.500. The van der Waals surface area contributed by atoms with Crippen LogP contribution in [0.4, 0.5) is 15.9 Å². The third-order valence-corrected chi connectivity index (χ3v) is 5.52. The molecule has 1 aliphatic heterocycles. The van der Waals surface area contributed by atoms with E-state index in [0.29, 0.717) is 35.9 Å². The summed E-state index contributed by atoms with van der Waals surface area (Å²) in [5.74, 6) is 0.720. The molecular weight excluding hydrogens is 427 g/mol. The lowest BCUT2D eigenvalue weighted by molar-refractivity contribution is -0.130. The molecule has 0 bridgehead atoms. The number of benzene rings is 2. The van der Waals surface area contributed by atoms with Gasteiger partial charge in [-0.15, -0.1) is 12.6 Å². The maximum Gasteiger partial charge on any atom is 0.245 e. The van der Waals surface area contributed by atoms with Crippen LogP contribution < -0.4 is 10.1 Å². The van der Waals surface area contributed by atoms with Crippen molar-refractivity contribution < 1.29 is 13.9 Å². The zero-order chi connectivity index (χ0) is 21.4. The topological polar surface area (TPSA) is 67.4 Å². The van der Waals surface area contributed by atoms with Crippen LogP contribution in [-0.2, 0) is 4.79 Å². The first-order valence-electron chi connectivity index (χ1n) is 9.11. The first-order chi connectivity index (χ1) is 14.4. The summed E-state index contributed by atoms with van der Waals surface area (Å²) in [6, 6.07) is 8.12. The molecule has 1 fully saturated rings. The number of aromatic nitrogens is 2. The molecule has 0 unspecified atom stereocenters. The third kappa shape index (κ3) is 3.80. The molecule has 0 spiro atoms. The summed E-state index contributed by atoms with van der Waals surface area (Å²) in [5.41, 5.74) is 2.18. The van der Waals surface area contributed by atoms with Gasteiger partial charge in [0.1, 0.15) is 17.4 Å². The summed E-state index contributed by atoms with van der Waals surface area (Å²) in [7, 11) is 1.60. The van der Waals surface area contributed by atoms with Crippen LogP contribution >= 0.6 is 24.2 Å². The normalized spacial score (nSPS) is 13.8. The molecule has 1 saturated heterocycles. The standard InChI is InChI=1S/C21H18ClFN4O2S/c1-3-19(28)27-9-11(10-27)13-7-14-17(8-18(13)29-2)25-21(30)26-20(14)24-12-4-5-16(23)15(22)6-12/h3-8,11H,1,9-10H2,2H3,(H2,24,25,26,30). The number of nitrogens with one attached hydrogen (secondary N) is 1. The number of likely N-dealkylation sites (tertiary alicyclic amines) is 1. The van der Waals surface area contributed by atoms with Crippen molar-refractivity contribution in [1.29, 1.82) is 0 Å². The highest BCUT2D eigenvalue weighted by Gasteiger charge is 2.33. The van der Waals surface area contributed by atoms with Gasteiger partial charge in [0.15, 0.2) is 5.16 Å². The number of hydrogen-bond acceptors (Lipinski definition) is 6. The Morgan fingerprint density at radius 1 is 1.37 bits per heavy atom. The van der Waals surface area contributed by atoms with Gasteiger partial charge in [0.05, 0.1) is 17.6 Å². The number of carbonyl (C=O) groups is 1. The average Bonchev–Trinajstić information content (AvgIpc) is 2.69. The average molecular weight is 445 g/mol. The molecule has 6 nitrogen and oxygen atoms in total. The van der Waals surface area contributed by atoms with E-state index in [1.165, 1.54) is 18.2 Å². The molecule has 0 atom stereocenters. The van der Waals surface area contributed by atoms with Gasteiger partial charge in [-0.25, -0.2) is 14.4 Å². The van der Waals surface area contributed by atoms with Gasteiger partial charge in [0, 0.05) is 41.7 Å². The Hall–Kier alpha value is -2.84. The van der Waals surface area contributed by atoms with Gasteiger partial charge < -0.3 is 15.0 Å². The highest BCUT2D eigenvalue weighted by atomic mass is 35.5. The van der Waals surface area contributed by atoms with E-state index in [1.54, 1.807) is 18.1 Å². The number of thiol groups is 1. The van der Waals surface area contributed by atoms with E-state index in [9.17, 15) is 9.18 Å². The van der Waals surface area contributed by atoms with Crippen LogP contribution in [-0.4, -0.2) is 41.0 Å². The summed E-state index contributed by atoms with van der Waals surface area (Å²) in [5, 5.41) is 4.19. The molecule has 0 aliphatic carbocycles. The number of rotatable bonds is 5. The van der Waals surface area contributed by atoms with Crippen LogP contribution in [0.25, 0.3) is 10.9 Å². The number of nitrogens with zero attached hydrogens (tertiary/aromatic N) is 3. The molecule has 1 N–H and O–H groups in total. The molecule has 2 heterocycles. The molecule has 4 rings (SSSR count). The summed E-state index contributed by atoms with van der Waals surface area (Å²) < 4.78 is 19.1. The second-order valence-corrected chi connectivity index (χ2v) is 7.69. The maximum absolute atomic E-state index is 13.5. The van der Waals surface area contributed by atoms with Crippen LogP contribution in [0.1, 0.15) is 11.5 Å². The maximum atomic E-state index is 13.5. The lowest BCUT2D eigenvalue weighted by atomic mass is 9.89. The van der Waals surface area contributed by atoms with Gasteiger partial charge in [-0.2, -0.15) is 0 Å². The van der Waals surface area contributed by atoms with E-state index in [1.807, 2.05) is 12.1 Å². The fourth-order valence-corrected chi connectivity index (χ4v) is 3.84. The first-order valence-corrected chi connectivity index (χ1v) is 9.94. The molecule has 1 aliphatic rings. The molecule has 2 aromatic carbocycles. The van der Waals surface area contributed by atoms with Crippen LogP contribution in [0.2, 0.25) is 5.02 Å². The highest BCUT2D eigenvalue weighted by Crippen LogP contribution is 2.38. The van der Waals surface area contributed by atoms with Gasteiger partial charge in [-0.05, 0) is 30.3 Å². The summed E-state index contributed by atoms with van der Waals surface area (Å²) in [6.07, 6.45) is 1.31.